The average Bonchev–Trinajstić information content (AvgIpc) is 3.30. The SMILES string of the molecule is CC(C)(C)OC(=O)N1CC[C@](O)([C@@H]2CCNc3c(C(N)=O)c(-c4ccc(Oc5ccccc5)cc4)nn32)[C@@H](O)C1. The van der Waals surface area contributed by atoms with E-state index in [1.165, 1.54) is 4.90 Å². The van der Waals surface area contributed by atoms with Crippen molar-refractivity contribution in [1.29, 1.82) is 0 Å². The molecule has 0 spiro atoms. The molecule has 40 heavy (non-hydrogen) atoms. The molecule has 11 heteroatoms. The molecule has 11 nitrogen and oxygen atoms in total. The number of carbonyl (C=O) groups is 2. The summed E-state index contributed by atoms with van der Waals surface area (Å²) in [7, 11) is 0. The topological polar surface area (TPSA) is 152 Å². The molecule has 0 bridgehead atoms. The molecule has 2 aromatic carbocycles. The lowest BCUT2D eigenvalue weighted by molar-refractivity contribution is -0.147. The van der Waals surface area contributed by atoms with Gasteiger partial charge in [0.25, 0.3) is 5.91 Å². The number of hydrogen-bond acceptors (Lipinski definition) is 8. The second-order valence-electron chi connectivity index (χ2n) is 11.2. The number of anilines is 1. The Bertz CT molecular complexity index is 1380. The highest BCUT2D eigenvalue weighted by molar-refractivity contribution is 6.03. The molecule has 0 unspecified atom stereocenters. The smallest absolute Gasteiger partial charge is 0.410 e. The monoisotopic (exact) mass is 549 g/mol. The maximum atomic E-state index is 12.6. The summed E-state index contributed by atoms with van der Waals surface area (Å²) in [6.45, 7) is 5.85. The molecule has 0 radical (unpaired) electrons. The molecule has 2 aliphatic heterocycles. The van der Waals surface area contributed by atoms with Gasteiger partial charge in [0.05, 0.1) is 12.6 Å². The fourth-order valence-corrected chi connectivity index (χ4v) is 5.30. The number of β-amino-alcohol motifs (C(OH)–C–C–N with tert-alkyl or cyclic N) is 1. The van der Waals surface area contributed by atoms with Crippen LogP contribution in [0.25, 0.3) is 11.3 Å². The zero-order chi connectivity index (χ0) is 28.7. The van der Waals surface area contributed by atoms with Crippen LogP contribution in [0.3, 0.4) is 0 Å². The number of para-hydroxylation sites is 1. The van der Waals surface area contributed by atoms with Gasteiger partial charge in [-0.2, -0.15) is 5.10 Å². The molecule has 0 saturated carbocycles. The molecule has 1 saturated heterocycles. The molecule has 0 aliphatic carbocycles. The number of nitrogens with zero attached hydrogens (tertiary/aromatic N) is 3. The lowest BCUT2D eigenvalue weighted by atomic mass is 9.80. The molecular formula is C29H35N5O6. The minimum atomic E-state index is -1.60. The van der Waals surface area contributed by atoms with E-state index in [4.69, 9.17) is 20.3 Å². The lowest BCUT2D eigenvalue weighted by Crippen LogP contribution is -2.61. The van der Waals surface area contributed by atoms with E-state index in [1.54, 1.807) is 49.7 Å². The number of aliphatic hydroxyl groups excluding tert-OH is 1. The van der Waals surface area contributed by atoms with Crippen molar-refractivity contribution in [3.05, 3.63) is 60.2 Å². The summed E-state index contributed by atoms with van der Waals surface area (Å²) < 4.78 is 12.9. The molecule has 5 rings (SSSR count). The number of benzene rings is 2. The van der Waals surface area contributed by atoms with E-state index < -0.39 is 35.3 Å². The van der Waals surface area contributed by atoms with Crippen molar-refractivity contribution in [2.24, 2.45) is 5.73 Å². The first-order valence-corrected chi connectivity index (χ1v) is 13.3. The number of hydrogen-bond donors (Lipinski definition) is 4. The van der Waals surface area contributed by atoms with E-state index in [9.17, 15) is 19.8 Å². The third kappa shape index (κ3) is 5.34. The van der Waals surface area contributed by atoms with Crippen LogP contribution >= 0.6 is 0 Å². The van der Waals surface area contributed by atoms with Gasteiger partial charge in [0, 0.05) is 18.7 Å². The normalized spacial score (nSPS) is 22.7. The number of ether oxygens (including phenoxy) is 2. The van der Waals surface area contributed by atoms with Gasteiger partial charge in [-0.1, -0.05) is 18.2 Å². The van der Waals surface area contributed by atoms with Crippen molar-refractivity contribution in [2.45, 2.75) is 57.0 Å². The van der Waals surface area contributed by atoms with Crippen LogP contribution in [0.1, 0.15) is 50.0 Å². The number of nitrogens with one attached hydrogen (secondary N) is 1. The van der Waals surface area contributed by atoms with Crippen LogP contribution in [-0.4, -0.2) is 73.8 Å². The number of fused-ring (bicyclic) bond motifs is 1. The quantitative estimate of drug-likeness (QED) is 0.377. The van der Waals surface area contributed by atoms with Crippen LogP contribution in [-0.2, 0) is 4.74 Å². The van der Waals surface area contributed by atoms with Gasteiger partial charge >= 0.3 is 6.09 Å². The summed E-state index contributed by atoms with van der Waals surface area (Å²) in [4.78, 5) is 26.6. The molecule has 3 heterocycles. The maximum Gasteiger partial charge on any atom is 0.410 e. The number of aliphatic hydroxyl groups is 2. The van der Waals surface area contributed by atoms with E-state index in [-0.39, 0.29) is 25.1 Å². The van der Waals surface area contributed by atoms with Crippen LogP contribution in [0, 0.1) is 0 Å². The number of rotatable bonds is 5. The Morgan fingerprint density at radius 3 is 2.40 bits per heavy atom. The number of likely N-dealkylation sites (tertiary alicyclic amines) is 1. The third-order valence-electron chi connectivity index (χ3n) is 7.25. The predicted octanol–water partition coefficient (Wildman–Crippen LogP) is 3.53. The molecule has 1 aromatic heterocycles. The standard InChI is InChI=1S/C29H35N5O6/c1-28(2,3)40-27(37)33-16-14-29(38,22(35)17-33)21-13-15-31-26-23(25(30)36)24(32-34(21)26)18-9-11-20(12-10-18)39-19-7-5-4-6-8-19/h4-12,21-22,31,35,38H,13-17H2,1-3H3,(H2,30,36)/t21-,22-,29-/m0/s1. The predicted molar refractivity (Wildman–Crippen MR) is 148 cm³/mol. The van der Waals surface area contributed by atoms with Crippen molar-refractivity contribution in [1.82, 2.24) is 14.7 Å². The minimum absolute atomic E-state index is 0.0929. The van der Waals surface area contributed by atoms with E-state index >= 15 is 0 Å². The number of piperidine rings is 1. The first-order chi connectivity index (χ1) is 19.0. The van der Waals surface area contributed by atoms with Crippen molar-refractivity contribution >= 4 is 17.8 Å². The van der Waals surface area contributed by atoms with Crippen LogP contribution in [0.4, 0.5) is 10.6 Å². The Balaban J connectivity index is 1.42. The van der Waals surface area contributed by atoms with Crippen molar-refractivity contribution in [3.63, 3.8) is 0 Å². The van der Waals surface area contributed by atoms with E-state index in [2.05, 4.69) is 5.32 Å². The van der Waals surface area contributed by atoms with Gasteiger partial charge in [-0.3, -0.25) is 4.79 Å². The fourth-order valence-electron chi connectivity index (χ4n) is 5.30. The largest absolute Gasteiger partial charge is 0.457 e. The van der Waals surface area contributed by atoms with Crippen LogP contribution in [0.2, 0.25) is 0 Å². The summed E-state index contributed by atoms with van der Waals surface area (Å²) in [5, 5.41) is 30.8. The van der Waals surface area contributed by atoms with Gasteiger partial charge in [0.1, 0.15) is 45.9 Å². The molecule has 2 amide bonds. The highest BCUT2D eigenvalue weighted by atomic mass is 16.6. The summed E-state index contributed by atoms with van der Waals surface area (Å²) >= 11 is 0. The third-order valence-corrected chi connectivity index (χ3v) is 7.25. The molecule has 212 valence electrons. The molecule has 2 aliphatic rings. The van der Waals surface area contributed by atoms with Crippen molar-refractivity contribution in [2.75, 3.05) is 25.0 Å². The number of nitrogens with two attached hydrogens (primary N) is 1. The highest BCUT2D eigenvalue weighted by Gasteiger charge is 2.51. The Hall–Kier alpha value is -4.09. The first kappa shape index (κ1) is 27.5. The second kappa shape index (κ2) is 10.5. The van der Waals surface area contributed by atoms with Crippen LogP contribution < -0.4 is 15.8 Å². The Morgan fingerprint density at radius 2 is 1.77 bits per heavy atom. The van der Waals surface area contributed by atoms with E-state index in [1.807, 2.05) is 30.3 Å². The number of carbonyl (C=O) groups excluding carboxylic acids is 2. The lowest BCUT2D eigenvalue weighted by Gasteiger charge is -2.47. The van der Waals surface area contributed by atoms with E-state index in [0.29, 0.717) is 41.5 Å². The van der Waals surface area contributed by atoms with Gasteiger partial charge < -0.3 is 35.6 Å². The zero-order valence-electron chi connectivity index (χ0n) is 22.8. The van der Waals surface area contributed by atoms with Gasteiger partial charge in [-0.25, -0.2) is 9.48 Å². The first-order valence-electron chi connectivity index (χ1n) is 13.3. The fraction of sp³-hybridized carbons (Fsp3) is 0.414. The average molecular weight is 550 g/mol. The second-order valence-corrected chi connectivity index (χ2v) is 11.2. The summed E-state index contributed by atoms with van der Waals surface area (Å²) in [6.07, 6.45) is -1.26. The zero-order valence-corrected chi connectivity index (χ0v) is 22.8. The van der Waals surface area contributed by atoms with Gasteiger partial charge in [0.2, 0.25) is 0 Å². The number of aromatic nitrogens is 2. The number of primary amides is 1. The van der Waals surface area contributed by atoms with Gasteiger partial charge in [-0.15, -0.1) is 0 Å². The maximum absolute atomic E-state index is 12.6. The van der Waals surface area contributed by atoms with Crippen molar-refractivity contribution in [3.8, 4) is 22.8 Å². The van der Waals surface area contributed by atoms with E-state index in [0.717, 1.165) is 0 Å². The molecule has 5 N–H and O–H groups in total. The molecule has 3 aromatic rings. The Labute approximate surface area is 232 Å². The van der Waals surface area contributed by atoms with Crippen molar-refractivity contribution < 1.29 is 29.3 Å². The molecular weight excluding hydrogens is 514 g/mol. The van der Waals surface area contributed by atoms with Gasteiger partial charge in [0.15, 0.2) is 0 Å². The summed E-state index contributed by atoms with van der Waals surface area (Å²) in [5.74, 6) is 1.03. The minimum Gasteiger partial charge on any atom is -0.457 e. The summed E-state index contributed by atoms with van der Waals surface area (Å²) in [6, 6.07) is 15.9. The summed E-state index contributed by atoms with van der Waals surface area (Å²) in [5.41, 5.74) is 4.74. The highest BCUT2D eigenvalue weighted by Crippen LogP contribution is 2.42. The Kier molecular flexibility index (Phi) is 7.19. The van der Waals surface area contributed by atoms with Crippen LogP contribution in [0.15, 0.2) is 54.6 Å². The van der Waals surface area contributed by atoms with Gasteiger partial charge in [-0.05, 0) is 70.0 Å². The number of amides is 2. The van der Waals surface area contributed by atoms with Crippen LogP contribution in [0.5, 0.6) is 11.5 Å². The Morgan fingerprint density at radius 1 is 1.10 bits per heavy atom. The molecule has 3 atom stereocenters. The molecule has 1 fully saturated rings.